The minimum absolute atomic E-state index is 0.00176. The van der Waals surface area contributed by atoms with Crippen LogP contribution in [0.3, 0.4) is 0 Å². The molecule has 1 heterocycles. The van der Waals surface area contributed by atoms with Crippen LogP contribution in [0.1, 0.15) is 17.3 Å². The Kier molecular flexibility index (Phi) is 4.47. The molecular formula is C18H16N2O3. The Balaban J connectivity index is 1.56. The molecule has 116 valence electrons. The lowest BCUT2D eigenvalue weighted by Crippen LogP contribution is -2.08. The van der Waals surface area contributed by atoms with Gasteiger partial charge in [-0.15, -0.1) is 10.2 Å². The predicted octanol–water partition coefficient (Wildman–Crippen LogP) is 3.33. The van der Waals surface area contributed by atoms with Gasteiger partial charge in [-0.2, -0.15) is 0 Å². The summed E-state index contributed by atoms with van der Waals surface area (Å²) >= 11 is 0. The second-order valence-corrected chi connectivity index (χ2v) is 5.12. The summed E-state index contributed by atoms with van der Waals surface area (Å²) in [7, 11) is 0. The molecule has 3 aromatic rings. The first-order chi connectivity index (χ1) is 11.2. The molecule has 0 aliphatic heterocycles. The number of carbonyl (C=O) groups is 1. The number of benzene rings is 2. The van der Waals surface area contributed by atoms with Crippen molar-refractivity contribution in [3.63, 3.8) is 0 Å². The Morgan fingerprint density at radius 3 is 2.35 bits per heavy atom. The van der Waals surface area contributed by atoms with E-state index in [1.807, 2.05) is 42.5 Å². The molecular weight excluding hydrogens is 292 g/mol. The largest absolute Gasteiger partial charge is 0.455 e. The molecule has 5 nitrogen and oxygen atoms in total. The minimum Gasteiger partial charge on any atom is -0.455 e. The highest BCUT2D eigenvalue weighted by Gasteiger charge is 2.09. The minimum atomic E-state index is -0.326. The Morgan fingerprint density at radius 2 is 1.70 bits per heavy atom. The molecule has 23 heavy (non-hydrogen) atoms. The SMILES string of the molecule is Cc1nnc(COC(=O)Cc2ccc(-c3ccccc3)cc2)o1. The van der Waals surface area contributed by atoms with Gasteiger partial charge in [-0.25, -0.2) is 0 Å². The number of hydrogen-bond acceptors (Lipinski definition) is 5. The number of ether oxygens (including phenoxy) is 1. The van der Waals surface area contributed by atoms with E-state index in [-0.39, 0.29) is 19.0 Å². The lowest BCUT2D eigenvalue weighted by molar-refractivity contribution is -0.144. The van der Waals surface area contributed by atoms with Crippen molar-refractivity contribution in [2.75, 3.05) is 0 Å². The molecule has 0 unspecified atom stereocenters. The van der Waals surface area contributed by atoms with Gasteiger partial charge in [0, 0.05) is 6.92 Å². The van der Waals surface area contributed by atoms with E-state index in [0.717, 1.165) is 16.7 Å². The number of aryl methyl sites for hydroxylation is 1. The zero-order valence-electron chi connectivity index (χ0n) is 12.7. The van der Waals surface area contributed by atoms with Crippen molar-refractivity contribution in [3.8, 4) is 11.1 Å². The van der Waals surface area contributed by atoms with Gasteiger partial charge in [-0.1, -0.05) is 54.6 Å². The molecule has 0 spiro atoms. The van der Waals surface area contributed by atoms with Crippen LogP contribution in [0.25, 0.3) is 11.1 Å². The molecule has 2 aromatic carbocycles. The van der Waals surface area contributed by atoms with E-state index in [0.29, 0.717) is 11.8 Å². The Labute approximate surface area is 133 Å². The van der Waals surface area contributed by atoms with E-state index >= 15 is 0 Å². The van der Waals surface area contributed by atoms with Crippen LogP contribution in [0.5, 0.6) is 0 Å². The molecule has 0 atom stereocenters. The summed E-state index contributed by atoms with van der Waals surface area (Å²) in [6.45, 7) is 1.69. The third-order valence-corrected chi connectivity index (χ3v) is 3.33. The number of esters is 1. The first-order valence-electron chi connectivity index (χ1n) is 7.30. The third kappa shape index (κ3) is 4.03. The molecule has 0 aliphatic rings. The van der Waals surface area contributed by atoms with Gasteiger partial charge in [0.05, 0.1) is 6.42 Å². The normalized spacial score (nSPS) is 10.5. The van der Waals surface area contributed by atoms with Gasteiger partial charge in [-0.05, 0) is 16.7 Å². The number of aromatic nitrogens is 2. The summed E-state index contributed by atoms with van der Waals surface area (Å²) in [4.78, 5) is 11.8. The molecule has 0 saturated carbocycles. The second kappa shape index (κ2) is 6.87. The highest BCUT2D eigenvalue weighted by atomic mass is 16.5. The van der Waals surface area contributed by atoms with Gasteiger partial charge < -0.3 is 9.15 Å². The van der Waals surface area contributed by atoms with Crippen LogP contribution in [0.2, 0.25) is 0 Å². The van der Waals surface area contributed by atoms with Crippen LogP contribution in [0.15, 0.2) is 59.0 Å². The van der Waals surface area contributed by atoms with E-state index in [1.165, 1.54) is 0 Å². The molecule has 0 saturated heterocycles. The smallest absolute Gasteiger partial charge is 0.310 e. The molecule has 0 aliphatic carbocycles. The van der Waals surface area contributed by atoms with Crippen LogP contribution in [0, 0.1) is 6.92 Å². The molecule has 0 bridgehead atoms. The van der Waals surface area contributed by atoms with Crippen molar-refractivity contribution in [1.29, 1.82) is 0 Å². The molecule has 3 rings (SSSR count). The number of nitrogens with zero attached hydrogens (tertiary/aromatic N) is 2. The van der Waals surface area contributed by atoms with Crippen molar-refractivity contribution >= 4 is 5.97 Å². The lowest BCUT2D eigenvalue weighted by atomic mass is 10.0. The van der Waals surface area contributed by atoms with E-state index in [9.17, 15) is 4.79 Å². The van der Waals surface area contributed by atoms with E-state index in [2.05, 4.69) is 22.3 Å². The molecule has 0 amide bonds. The summed E-state index contributed by atoms with van der Waals surface area (Å²) in [5.74, 6) is 0.427. The van der Waals surface area contributed by atoms with Crippen molar-refractivity contribution in [2.24, 2.45) is 0 Å². The quantitative estimate of drug-likeness (QED) is 0.676. The average Bonchev–Trinajstić information content (AvgIpc) is 3.00. The van der Waals surface area contributed by atoms with Crippen molar-refractivity contribution < 1.29 is 13.9 Å². The number of rotatable bonds is 5. The third-order valence-electron chi connectivity index (χ3n) is 3.33. The van der Waals surface area contributed by atoms with Crippen LogP contribution in [-0.2, 0) is 22.6 Å². The van der Waals surface area contributed by atoms with Gasteiger partial charge in [-0.3, -0.25) is 4.79 Å². The second-order valence-electron chi connectivity index (χ2n) is 5.12. The van der Waals surface area contributed by atoms with Gasteiger partial charge >= 0.3 is 5.97 Å². The highest BCUT2D eigenvalue weighted by Crippen LogP contribution is 2.19. The zero-order valence-corrected chi connectivity index (χ0v) is 12.7. The lowest BCUT2D eigenvalue weighted by Gasteiger charge is -2.05. The predicted molar refractivity (Wildman–Crippen MR) is 84.4 cm³/mol. The number of hydrogen-bond donors (Lipinski definition) is 0. The molecule has 0 radical (unpaired) electrons. The Bertz CT molecular complexity index is 780. The average molecular weight is 308 g/mol. The highest BCUT2D eigenvalue weighted by molar-refractivity contribution is 5.73. The van der Waals surface area contributed by atoms with Gasteiger partial charge in [0.1, 0.15) is 0 Å². The zero-order chi connectivity index (χ0) is 16.1. The van der Waals surface area contributed by atoms with E-state index in [4.69, 9.17) is 9.15 Å². The first kappa shape index (κ1) is 15.0. The molecule has 0 N–H and O–H groups in total. The maximum Gasteiger partial charge on any atom is 0.310 e. The molecule has 1 aromatic heterocycles. The van der Waals surface area contributed by atoms with Crippen molar-refractivity contribution in [2.45, 2.75) is 20.0 Å². The summed E-state index contributed by atoms with van der Waals surface area (Å²) in [6, 6.07) is 17.9. The fraction of sp³-hybridized carbons (Fsp3) is 0.167. The molecule has 0 fully saturated rings. The fourth-order valence-electron chi connectivity index (χ4n) is 2.20. The fourth-order valence-corrected chi connectivity index (χ4v) is 2.20. The first-order valence-corrected chi connectivity index (χ1v) is 7.30. The summed E-state index contributed by atoms with van der Waals surface area (Å²) in [6.07, 6.45) is 0.211. The summed E-state index contributed by atoms with van der Waals surface area (Å²) < 4.78 is 10.3. The van der Waals surface area contributed by atoms with Crippen LogP contribution in [0.4, 0.5) is 0 Å². The topological polar surface area (TPSA) is 65.2 Å². The summed E-state index contributed by atoms with van der Waals surface area (Å²) in [5, 5.41) is 7.46. The van der Waals surface area contributed by atoms with E-state index in [1.54, 1.807) is 6.92 Å². The maximum absolute atomic E-state index is 11.8. The van der Waals surface area contributed by atoms with Crippen LogP contribution < -0.4 is 0 Å². The molecule has 5 heteroatoms. The van der Waals surface area contributed by atoms with Crippen molar-refractivity contribution in [1.82, 2.24) is 10.2 Å². The Morgan fingerprint density at radius 1 is 1.00 bits per heavy atom. The Hall–Kier alpha value is -2.95. The maximum atomic E-state index is 11.8. The van der Waals surface area contributed by atoms with Crippen molar-refractivity contribution in [3.05, 3.63) is 71.9 Å². The van der Waals surface area contributed by atoms with Gasteiger partial charge in [0.15, 0.2) is 6.61 Å². The monoisotopic (exact) mass is 308 g/mol. The summed E-state index contributed by atoms with van der Waals surface area (Å²) in [5.41, 5.74) is 3.16. The van der Waals surface area contributed by atoms with Gasteiger partial charge in [0.25, 0.3) is 5.89 Å². The van der Waals surface area contributed by atoms with E-state index < -0.39 is 0 Å². The number of carbonyl (C=O) groups excluding carboxylic acids is 1. The van der Waals surface area contributed by atoms with Crippen LogP contribution in [-0.4, -0.2) is 16.2 Å². The standard InChI is InChI=1S/C18H16N2O3/c1-13-19-20-17(23-13)12-22-18(21)11-14-7-9-16(10-8-14)15-5-3-2-4-6-15/h2-10H,11-12H2,1H3. The van der Waals surface area contributed by atoms with Gasteiger partial charge in [0.2, 0.25) is 5.89 Å². The van der Waals surface area contributed by atoms with Crippen LogP contribution >= 0.6 is 0 Å².